The summed E-state index contributed by atoms with van der Waals surface area (Å²) in [5.74, 6) is 1.28. The number of carbonyl (C=O) groups is 1. The molecule has 0 bridgehead atoms. The van der Waals surface area contributed by atoms with Crippen molar-refractivity contribution in [1.29, 1.82) is 0 Å². The molecule has 0 aliphatic rings. The van der Waals surface area contributed by atoms with Crippen molar-refractivity contribution >= 4 is 23.3 Å². The number of nitrogens with zero attached hydrogens (tertiary/aromatic N) is 3. The Balaban J connectivity index is 2.93. The molecule has 1 aromatic rings. The Morgan fingerprint density at radius 1 is 1.33 bits per heavy atom. The van der Waals surface area contributed by atoms with Crippen LogP contribution >= 0.6 is 11.6 Å². The van der Waals surface area contributed by atoms with Gasteiger partial charge < -0.3 is 10.2 Å². The van der Waals surface area contributed by atoms with E-state index in [2.05, 4.69) is 15.3 Å². The molecule has 5 nitrogen and oxygen atoms in total. The third-order valence-corrected chi connectivity index (χ3v) is 3.37. The summed E-state index contributed by atoms with van der Waals surface area (Å²) in [5, 5.41) is 3.49. The molecule has 1 N–H and O–H groups in total. The molecule has 1 atom stereocenters. The first-order valence-corrected chi connectivity index (χ1v) is 7.67. The van der Waals surface area contributed by atoms with Gasteiger partial charge in [-0.3, -0.25) is 4.79 Å². The van der Waals surface area contributed by atoms with E-state index >= 15 is 0 Å². The fourth-order valence-corrected chi connectivity index (χ4v) is 2.10. The monoisotopic (exact) mass is 312 g/mol. The summed E-state index contributed by atoms with van der Waals surface area (Å²) in [6.07, 6.45) is 0. The van der Waals surface area contributed by atoms with Crippen molar-refractivity contribution in [3.8, 4) is 0 Å². The number of carbonyl (C=O) groups excluding carboxylic acids is 1. The first kappa shape index (κ1) is 17.7. The van der Waals surface area contributed by atoms with Crippen LogP contribution in [0.3, 0.4) is 0 Å². The topological polar surface area (TPSA) is 58.1 Å². The lowest BCUT2D eigenvalue weighted by Gasteiger charge is -2.24. The average molecular weight is 313 g/mol. The zero-order chi connectivity index (χ0) is 16.2. The smallest absolute Gasteiger partial charge is 0.244 e. The van der Waals surface area contributed by atoms with Crippen LogP contribution < -0.4 is 5.32 Å². The van der Waals surface area contributed by atoms with Crippen molar-refractivity contribution < 1.29 is 4.79 Å². The van der Waals surface area contributed by atoms with Crippen molar-refractivity contribution in [2.75, 3.05) is 18.4 Å². The largest absolute Gasteiger partial charge is 0.358 e. The molecular weight excluding hydrogens is 288 g/mol. The Hall–Kier alpha value is -1.36. The number of halogens is 1. The average Bonchev–Trinajstić information content (AvgIpc) is 2.38. The number of aromatic nitrogens is 2. The van der Waals surface area contributed by atoms with Gasteiger partial charge in [-0.05, 0) is 20.8 Å². The number of hydrogen-bond donors (Lipinski definition) is 1. The molecule has 0 saturated heterocycles. The highest BCUT2D eigenvalue weighted by Crippen LogP contribution is 2.22. The molecule has 6 heteroatoms. The third-order valence-electron chi connectivity index (χ3n) is 3.18. The van der Waals surface area contributed by atoms with Crippen LogP contribution in [0.15, 0.2) is 6.07 Å². The predicted octanol–water partition coefficient (Wildman–Crippen LogP) is 3.10. The highest BCUT2D eigenvalue weighted by Gasteiger charge is 2.21. The van der Waals surface area contributed by atoms with Gasteiger partial charge in [0, 0.05) is 24.6 Å². The Labute approximate surface area is 132 Å². The van der Waals surface area contributed by atoms with Gasteiger partial charge in [0.05, 0.1) is 0 Å². The van der Waals surface area contributed by atoms with Gasteiger partial charge in [-0.15, -0.1) is 0 Å². The van der Waals surface area contributed by atoms with Crippen molar-refractivity contribution in [3.63, 3.8) is 0 Å². The molecule has 0 aliphatic carbocycles. The van der Waals surface area contributed by atoms with Gasteiger partial charge in [0.1, 0.15) is 22.8 Å². The highest BCUT2D eigenvalue weighted by atomic mass is 35.5. The standard InChI is InChI=1S/C15H25ClN4O/c1-7-20(8-2)13(21)10(3)17-12-9-11(16)18-14(19-12)15(4,5)6/h9-10H,7-8H2,1-6H3,(H,17,18,19). The summed E-state index contributed by atoms with van der Waals surface area (Å²) in [6.45, 7) is 13.2. The van der Waals surface area contributed by atoms with E-state index in [9.17, 15) is 4.79 Å². The Morgan fingerprint density at radius 2 is 1.90 bits per heavy atom. The maximum absolute atomic E-state index is 12.3. The lowest BCUT2D eigenvalue weighted by molar-refractivity contribution is -0.131. The number of amides is 1. The molecule has 0 fully saturated rings. The van der Waals surface area contributed by atoms with Crippen molar-refractivity contribution in [3.05, 3.63) is 17.0 Å². The quantitative estimate of drug-likeness (QED) is 0.849. The normalized spacial score (nSPS) is 12.9. The third kappa shape index (κ3) is 4.84. The molecule has 1 amide bonds. The number of rotatable bonds is 5. The Bertz CT molecular complexity index is 495. The molecule has 0 radical (unpaired) electrons. The molecule has 1 rings (SSSR count). The zero-order valence-corrected chi connectivity index (χ0v) is 14.5. The first-order valence-electron chi connectivity index (χ1n) is 7.29. The van der Waals surface area contributed by atoms with Crippen LogP contribution in [0.5, 0.6) is 0 Å². The van der Waals surface area contributed by atoms with Gasteiger partial charge in [0.25, 0.3) is 0 Å². The molecule has 1 aromatic heterocycles. The maximum Gasteiger partial charge on any atom is 0.244 e. The van der Waals surface area contributed by atoms with Gasteiger partial charge in [0.2, 0.25) is 5.91 Å². The van der Waals surface area contributed by atoms with Gasteiger partial charge in [-0.1, -0.05) is 32.4 Å². The summed E-state index contributed by atoms with van der Waals surface area (Å²) in [5.41, 5.74) is -0.201. The van der Waals surface area contributed by atoms with Gasteiger partial charge in [-0.2, -0.15) is 0 Å². The summed E-state index contributed by atoms with van der Waals surface area (Å²) in [4.78, 5) is 22.8. The van der Waals surface area contributed by atoms with E-state index in [0.29, 0.717) is 29.9 Å². The first-order chi connectivity index (χ1) is 9.68. The molecule has 118 valence electrons. The SMILES string of the molecule is CCN(CC)C(=O)C(C)Nc1cc(Cl)nc(C(C)(C)C)n1. The molecule has 21 heavy (non-hydrogen) atoms. The second-order valence-electron chi connectivity index (χ2n) is 6.03. The molecular formula is C15H25ClN4O. The van der Waals surface area contributed by atoms with Gasteiger partial charge in [0.15, 0.2) is 0 Å². The van der Waals surface area contributed by atoms with Crippen LogP contribution in [0.25, 0.3) is 0 Å². The second-order valence-corrected chi connectivity index (χ2v) is 6.41. The van der Waals surface area contributed by atoms with Crippen molar-refractivity contribution in [2.45, 2.75) is 53.0 Å². The lowest BCUT2D eigenvalue weighted by Crippen LogP contribution is -2.41. The van der Waals surface area contributed by atoms with E-state index in [4.69, 9.17) is 11.6 Å². The van der Waals surface area contributed by atoms with Crippen LogP contribution in [-0.4, -0.2) is 39.9 Å². The van der Waals surface area contributed by atoms with Crippen LogP contribution in [0.4, 0.5) is 5.82 Å². The summed E-state index contributed by atoms with van der Waals surface area (Å²) in [7, 11) is 0. The molecule has 1 unspecified atom stereocenters. The molecule has 0 aliphatic heterocycles. The zero-order valence-electron chi connectivity index (χ0n) is 13.7. The minimum atomic E-state index is -0.358. The fraction of sp³-hybridized carbons (Fsp3) is 0.667. The van der Waals surface area contributed by atoms with E-state index in [1.54, 1.807) is 11.0 Å². The van der Waals surface area contributed by atoms with Gasteiger partial charge >= 0.3 is 0 Å². The van der Waals surface area contributed by atoms with Crippen molar-refractivity contribution in [2.24, 2.45) is 0 Å². The van der Waals surface area contributed by atoms with Crippen LogP contribution in [-0.2, 0) is 10.2 Å². The molecule has 0 spiro atoms. The molecule has 0 saturated carbocycles. The molecule has 1 heterocycles. The fourth-order valence-electron chi connectivity index (χ4n) is 1.92. The summed E-state index contributed by atoms with van der Waals surface area (Å²) in [6, 6.07) is 1.28. The minimum Gasteiger partial charge on any atom is -0.358 e. The number of nitrogens with one attached hydrogen (secondary N) is 1. The Morgan fingerprint density at radius 3 is 2.38 bits per heavy atom. The van der Waals surface area contributed by atoms with E-state index in [-0.39, 0.29) is 17.4 Å². The highest BCUT2D eigenvalue weighted by molar-refractivity contribution is 6.29. The van der Waals surface area contributed by atoms with E-state index in [1.165, 1.54) is 0 Å². The minimum absolute atomic E-state index is 0.0482. The summed E-state index contributed by atoms with van der Waals surface area (Å²) >= 11 is 6.05. The number of anilines is 1. The second kappa shape index (κ2) is 7.07. The van der Waals surface area contributed by atoms with E-state index < -0.39 is 0 Å². The lowest BCUT2D eigenvalue weighted by atomic mass is 9.96. The van der Waals surface area contributed by atoms with Crippen LogP contribution in [0.1, 0.15) is 47.4 Å². The Kier molecular flexibility index (Phi) is 5.96. The van der Waals surface area contributed by atoms with E-state index in [1.807, 2.05) is 41.5 Å². The van der Waals surface area contributed by atoms with Gasteiger partial charge in [-0.25, -0.2) is 9.97 Å². The number of likely N-dealkylation sites (N-methyl/N-ethyl adjacent to an activating group) is 1. The van der Waals surface area contributed by atoms with E-state index in [0.717, 1.165) is 0 Å². The van der Waals surface area contributed by atoms with Crippen LogP contribution in [0.2, 0.25) is 5.15 Å². The predicted molar refractivity (Wildman–Crippen MR) is 86.8 cm³/mol. The maximum atomic E-state index is 12.3. The van der Waals surface area contributed by atoms with Crippen molar-refractivity contribution in [1.82, 2.24) is 14.9 Å². The number of hydrogen-bond acceptors (Lipinski definition) is 4. The molecule has 0 aromatic carbocycles. The van der Waals surface area contributed by atoms with Crippen LogP contribution in [0, 0.1) is 0 Å². The summed E-state index contributed by atoms with van der Waals surface area (Å²) < 4.78 is 0.